The number of benzene rings is 2. The summed E-state index contributed by atoms with van der Waals surface area (Å²) in [6.07, 6.45) is 2.21. The molecule has 0 spiro atoms. The van der Waals surface area contributed by atoms with Gasteiger partial charge in [-0.2, -0.15) is 0 Å². The zero-order chi connectivity index (χ0) is 20.0. The summed E-state index contributed by atoms with van der Waals surface area (Å²) in [6, 6.07) is 19.8. The van der Waals surface area contributed by atoms with Gasteiger partial charge in [0, 0.05) is 23.0 Å². The summed E-state index contributed by atoms with van der Waals surface area (Å²) in [5.41, 5.74) is 2.69. The van der Waals surface area contributed by atoms with Crippen molar-refractivity contribution in [2.45, 2.75) is 13.3 Å². The Balaban J connectivity index is 1.70. The molecule has 0 aliphatic heterocycles. The minimum absolute atomic E-state index is 0.0289. The van der Waals surface area contributed by atoms with Crippen molar-refractivity contribution in [3.63, 3.8) is 0 Å². The molecule has 0 fully saturated rings. The van der Waals surface area contributed by atoms with E-state index in [4.69, 9.17) is 0 Å². The highest BCUT2D eigenvalue weighted by molar-refractivity contribution is 7.92. The molecule has 0 bridgehead atoms. The number of anilines is 2. The predicted molar refractivity (Wildman–Crippen MR) is 112 cm³/mol. The number of aromatic nitrogens is 1. The predicted octanol–water partition coefficient (Wildman–Crippen LogP) is 4.15. The Morgan fingerprint density at radius 1 is 0.964 bits per heavy atom. The van der Waals surface area contributed by atoms with E-state index in [-0.39, 0.29) is 11.7 Å². The molecule has 0 unspecified atom stereocenters. The normalized spacial score (nSPS) is 11.0. The van der Waals surface area contributed by atoms with Gasteiger partial charge in [-0.1, -0.05) is 43.3 Å². The van der Waals surface area contributed by atoms with Crippen LogP contribution in [-0.2, 0) is 10.0 Å². The standard InChI is InChI=1S/C21H21N3O3S/c1-2-13-28(26,27)24-19-10-6-9-17(14-19)21(25)23-20-12-11-18(15-22-20)16-7-4-3-5-8-16/h3-12,14-15,24H,2,13H2,1H3,(H,22,23,25). The molecule has 0 saturated carbocycles. The summed E-state index contributed by atoms with van der Waals surface area (Å²) in [7, 11) is -3.41. The maximum absolute atomic E-state index is 12.5. The number of pyridine rings is 1. The van der Waals surface area contributed by atoms with Crippen LogP contribution in [0.15, 0.2) is 72.9 Å². The molecule has 3 aromatic rings. The molecule has 1 heterocycles. The van der Waals surface area contributed by atoms with Gasteiger partial charge in [0.1, 0.15) is 5.82 Å². The van der Waals surface area contributed by atoms with Crippen molar-refractivity contribution in [3.05, 3.63) is 78.5 Å². The number of carbonyl (C=O) groups excluding carboxylic acids is 1. The van der Waals surface area contributed by atoms with Crippen LogP contribution in [0.5, 0.6) is 0 Å². The fourth-order valence-corrected chi connectivity index (χ4v) is 3.81. The highest BCUT2D eigenvalue weighted by Crippen LogP contribution is 2.20. The summed E-state index contributed by atoms with van der Waals surface area (Å²) in [6.45, 7) is 1.79. The molecule has 1 amide bonds. The Kier molecular flexibility index (Phi) is 6.06. The van der Waals surface area contributed by atoms with E-state index in [1.54, 1.807) is 37.4 Å². The van der Waals surface area contributed by atoms with Gasteiger partial charge in [0.05, 0.1) is 5.75 Å². The monoisotopic (exact) mass is 395 g/mol. The van der Waals surface area contributed by atoms with Crippen molar-refractivity contribution in [2.75, 3.05) is 15.8 Å². The van der Waals surface area contributed by atoms with Crippen molar-refractivity contribution >= 4 is 27.4 Å². The molecule has 2 N–H and O–H groups in total. The first-order valence-corrected chi connectivity index (χ1v) is 10.6. The Morgan fingerprint density at radius 2 is 1.75 bits per heavy atom. The fourth-order valence-electron chi connectivity index (χ4n) is 2.68. The van der Waals surface area contributed by atoms with Crippen LogP contribution in [0.4, 0.5) is 11.5 Å². The van der Waals surface area contributed by atoms with Crippen LogP contribution < -0.4 is 10.0 Å². The van der Waals surface area contributed by atoms with Crippen LogP contribution in [0.2, 0.25) is 0 Å². The topological polar surface area (TPSA) is 88.2 Å². The second-order valence-electron chi connectivity index (χ2n) is 6.25. The maximum Gasteiger partial charge on any atom is 0.256 e. The van der Waals surface area contributed by atoms with Gasteiger partial charge in [-0.25, -0.2) is 13.4 Å². The summed E-state index contributed by atoms with van der Waals surface area (Å²) < 4.78 is 26.3. The zero-order valence-electron chi connectivity index (χ0n) is 15.4. The second-order valence-corrected chi connectivity index (χ2v) is 8.10. The van der Waals surface area contributed by atoms with Gasteiger partial charge in [-0.15, -0.1) is 0 Å². The summed E-state index contributed by atoms with van der Waals surface area (Å²) in [4.78, 5) is 16.8. The van der Waals surface area contributed by atoms with Crippen LogP contribution >= 0.6 is 0 Å². The quantitative estimate of drug-likeness (QED) is 0.629. The van der Waals surface area contributed by atoms with Crippen LogP contribution in [0.25, 0.3) is 11.1 Å². The van der Waals surface area contributed by atoms with Gasteiger partial charge in [0.25, 0.3) is 5.91 Å². The number of carbonyl (C=O) groups is 1. The molecule has 3 rings (SSSR count). The van der Waals surface area contributed by atoms with Crippen molar-refractivity contribution < 1.29 is 13.2 Å². The Morgan fingerprint density at radius 3 is 2.43 bits per heavy atom. The van der Waals surface area contributed by atoms with E-state index in [2.05, 4.69) is 15.0 Å². The molecule has 0 atom stereocenters. The largest absolute Gasteiger partial charge is 0.307 e. The van der Waals surface area contributed by atoms with E-state index < -0.39 is 10.0 Å². The zero-order valence-corrected chi connectivity index (χ0v) is 16.2. The van der Waals surface area contributed by atoms with Crippen LogP contribution in [0, 0.1) is 0 Å². The number of hydrogen-bond donors (Lipinski definition) is 2. The molecule has 144 valence electrons. The van der Waals surface area contributed by atoms with Crippen LogP contribution in [0.1, 0.15) is 23.7 Å². The van der Waals surface area contributed by atoms with E-state index in [1.807, 2.05) is 36.4 Å². The molecule has 0 radical (unpaired) electrons. The van der Waals surface area contributed by atoms with Crippen LogP contribution in [-0.4, -0.2) is 25.1 Å². The molecule has 2 aromatic carbocycles. The van der Waals surface area contributed by atoms with Gasteiger partial charge in [-0.05, 0) is 42.3 Å². The number of nitrogens with zero attached hydrogens (tertiary/aromatic N) is 1. The Labute approximate surface area is 164 Å². The van der Waals surface area contributed by atoms with Crippen molar-refractivity contribution in [1.29, 1.82) is 0 Å². The summed E-state index contributed by atoms with van der Waals surface area (Å²) >= 11 is 0. The van der Waals surface area contributed by atoms with E-state index in [9.17, 15) is 13.2 Å². The van der Waals surface area contributed by atoms with Gasteiger partial charge < -0.3 is 5.32 Å². The SMILES string of the molecule is CCCS(=O)(=O)Nc1cccc(C(=O)Nc2ccc(-c3ccccc3)cn2)c1. The molecule has 28 heavy (non-hydrogen) atoms. The molecule has 0 aliphatic rings. The summed E-state index contributed by atoms with van der Waals surface area (Å²) in [5.74, 6) is 0.0827. The lowest BCUT2D eigenvalue weighted by Crippen LogP contribution is -2.17. The number of sulfonamides is 1. The second kappa shape index (κ2) is 8.67. The van der Waals surface area contributed by atoms with E-state index in [0.29, 0.717) is 23.5 Å². The van der Waals surface area contributed by atoms with Gasteiger partial charge in [0.15, 0.2) is 0 Å². The number of rotatable bonds is 7. The first-order chi connectivity index (χ1) is 13.5. The lowest BCUT2D eigenvalue weighted by molar-refractivity contribution is 0.102. The Bertz CT molecular complexity index is 1050. The van der Waals surface area contributed by atoms with Gasteiger partial charge in [-0.3, -0.25) is 9.52 Å². The molecule has 0 aliphatic carbocycles. The molecule has 1 aromatic heterocycles. The molecular formula is C21H21N3O3S. The van der Waals surface area contributed by atoms with E-state index in [1.165, 1.54) is 6.07 Å². The molecule has 0 saturated heterocycles. The maximum atomic E-state index is 12.5. The van der Waals surface area contributed by atoms with Crippen molar-refractivity contribution in [3.8, 4) is 11.1 Å². The molecular weight excluding hydrogens is 374 g/mol. The molecule has 7 heteroatoms. The number of amides is 1. The minimum atomic E-state index is -3.41. The minimum Gasteiger partial charge on any atom is -0.307 e. The first-order valence-electron chi connectivity index (χ1n) is 8.90. The molecule has 6 nitrogen and oxygen atoms in total. The average Bonchev–Trinajstić information content (AvgIpc) is 2.69. The van der Waals surface area contributed by atoms with Gasteiger partial charge in [0.2, 0.25) is 10.0 Å². The van der Waals surface area contributed by atoms with E-state index in [0.717, 1.165) is 11.1 Å². The fraction of sp³-hybridized carbons (Fsp3) is 0.143. The third-order valence-electron chi connectivity index (χ3n) is 3.98. The van der Waals surface area contributed by atoms with Crippen molar-refractivity contribution in [1.82, 2.24) is 4.98 Å². The third-order valence-corrected chi connectivity index (χ3v) is 5.48. The lowest BCUT2D eigenvalue weighted by atomic mass is 10.1. The summed E-state index contributed by atoms with van der Waals surface area (Å²) in [5, 5.41) is 2.72. The third kappa shape index (κ3) is 5.17. The van der Waals surface area contributed by atoms with Crippen molar-refractivity contribution in [2.24, 2.45) is 0 Å². The number of nitrogens with one attached hydrogen (secondary N) is 2. The lowest BCUT2D eigenvalue weighted by Gasteiger charge is -2.09. The highest BCUT2D eigenvalue weighted by Gasteiger charge is 2.12. The van der Waals surface area contributed by atoms with Crippen LogP contribution in [0.3, 0.4) is 0 Å². The Hall–Kier alpha value is -3.19. The smallest absolute Gasteiger partial charge is 0.256 e. The first kappa shape index (κ1) is 19.6. The van der Waals surface area contributed by atoms with E-state index >= 15 is 0 Å². The average molecular weight is 395 g/mol. The highest BCUT2D eigenvalue weighted by atomic mass is 32.2. The number of hydrogen-bond acceptors (Lipinski definition) is 4. The van der Waals surface area contributed by atoms with Gasteiger partial charge >= 0.3 is 0 Å².